The third-order valence-electron chi connectivity index (χ3n) is 4.17. The maximum Gasteiger partial charge on any atom is 0.151 e. The van der Waals surface area contributed by atoms with Crippen LogP contribution in [0.3, 0.4) is 0 Å². The molecule has 0 spiro atoms. The second kappa shape index (κ2) is 7.53. The van der Waals surface area contributed by atoms with E-state index in [2.05, 4.69) is 12.2 Å². The van der Waals surface area contributed by atoms with Gasteiger partial charge in [-0.05, 0) is 48.9 Å². The summed E-state index contributed by atoms with van der Waals surface area (Å²) >= 11 is 0. The first-order valence-corrected chi connectivity index (χ1v) is 9.67. The van der Waals surface area contributed by atoms with Gasteiger partial charge in [-0.3, -0.25) is 0 Å². The number of nitrogens with one attached hydrogen (secondary N) is 1. The smallest absolute Gasteiger partial charge is 0.151 e. The molecule has 0 bridgehead atoms. The molecule has 0 radical (unpaired) electrons. The Morgan fingerprint density at radius 2 is 2.00 bits per heavy atom. The highest BCUT2D eigenvalue weighted by Crippen LogP contribution is 2.20. The number of halogens is 1. The van der Waals surface area contributed by atoms with Crippen LogP contribution in [0.5, 0.6) is 0 Å². The Balaban J connectivity index is 2.03. The van der Waals surface area contributed by atoms with Gasteiger partial charge in [-0.2, -0.15) is 0 Å². The molecule has 1 atom stereocenters. The Morgan fingerprint density at radius 3 is 2.64 bits per heavy atom. The van der Waals surface area contributed by atoms with Crippen molar-refractivity contribution in [3.8, 4) is 0 Å². The largest absolute Gasteiger partial charge is 0.381 e. The van der Waals surface area contributed by atoms with Gasteiger partial charge < -0.3 is 10.1 Å². The van der Waals surface area contributed by atoms with Crippen molar-refractivity contribution in [2.45, 2.75) is 38.1 Å². The zero-order chi connectivity index (χ0) is 16.2. The summed E-state index contributed by atoms with van der Waals surface area (Å²) in [5.41, 5.74) is 1.37. The van der Waals surface area contributed by atoms with Gasteiger partial charge in [0.25, 0.3) is 0 Å². The predicted octanol–water partition coefficient (Wildman–Crippen LogP) is 2.28. The number of hydrogen-bond donors (Lipinski definition) is 1. The molecule has 0 aromatic heterocycles. The minimum atomic E-state index is -3.14. The summed E-state index contributed by atoms with van der Waals surface area (Å²) < 4.78 is 41.8. The van der Waals surface area contributed by atoms with Crippen LogP contribution in [0.15, 0.2) is 18.2 Å². The first kappa shape index (κ1) is 17.4. The van der Waals surface area contributed by atoms with Crippen LogP contribution >= 0.6 is 0 Å². The Hall–Kier alpha value is -0.980. The normalized spacial score (nSPS) is 18.3. The molecular formula is C16H24FNO3S. The number of ether oxygens (including phenoxy) is 1. The number of hydrogen-bond acceptors (Lipinski definition) is 4. The van der Waals surface area contributed by atoms with E-state index in [1.165, 1.54) is 18.4 Å². The molecule has 6 heteroatoms. The quantitative estimate of drug-likeness (QED) is 0.870. The van der Waals surface area contributed by atoms with Crippen LogP contribution < -0.4 is 5.32 Å². The van der Waals surface area contributed by atoms with Crippen molar-refractivity contribution in [2.75, 3.05) is 19.5 Å². The molecule has 1 fully saturated rings. The summed E-state index contributed by atoms with van der Waals surface area (Å²) in [5, 5.41) is 3.40. The lowest BCUT2D eigenvalue weighted by atomic mass is 9.92. The molecule has 1 aromatic rings. The second-order valence-corrected chi connectivity index (χ2v) is 8.24. The van der Waals surface area contributed by atoms with Crippen molar-refractivity contribution < 1.29 is 17.5 Å². The minimum absolute atomic E-state index is 0.0596. The minimum Gasteiger partial charge on any atom is -0.381 e. The molecule has 0 saturated carbocycles. The standard InChI is InChI=1S/C16H24FNO3S/c1-12(13-5-7-21-8-6-13)18-10-15-9-16(17)4-3-14(15)11-22(2,19)20/h3-4,9,12-13,18H,5-8,10-11H2,1-2H3. The van der Waals surface area contributed by atoms with E-state index in [0.717, 1.165) is 26.1 Å². The summed E-state index contributed by atoms with van der Waals surface area (Å²) in [4.78, 5) is 0. The van der Waals surface area contributed by atoms with Gasteiger partial charge in [-0.15, -0.1) is 0 Å². The maximum atomic E-state index is 13.5. The fraction of sp³-hybridized carbons (Fsp3) is 0.625. The molecular weight excluding hydrogens is 305 g/mol. The fourth-order valence-corrected chi connectivity index (χ4v) is 3.68. The third-order valence-corrected chi connectivity index (χ3v) is 5.01. The Kier molecular flexibility index (Phi) is 5.94. The highest BCUT2D eigenvalue weighted by atomic mass is 32.2. The monoisotopic (exact) mass is 329 g/mol. The molecule has 1 saturated heterocycles. The van der Waals surface area contributed by atoms with Crippen molar-refractivity contribution in [2.24, 2.45) is 5.92 Å². The van der Waals surface area contributed by atoms with E-state index in [-0.39, 0.29) is 11.6 Å². The highest BCUT2D eigenvalue weighted by molar-refractivity contribution is 7.89. The molecule has 124 valence electrons. The molecule has 1 N–H and O–H groups in total. The number of rotatable bonds is 6. The van der Waals surface area contributed by atoms with Gasteiger partial charge in [-0.25, -0.2) is 12.8 Å². The molecule has 2 rings (SSSR count). The molecule has 1 heterocycles. The lowest BCUT2D eigenvalue weighted by Gasteiger charge is -2.28. The van der Waals surface area contributed by atoms with Crippen LogP contribution in [0.25, 0.3) is 0 Å². The molecule has 1 aromatic carbocycles. The number of sulfone groups is 1. The number of benzene rings is 1. The van der Waals surface area contributed by atoms with Crippen molar-refractivity contribution in [1.82, 2.24) is 5.32 Å². The molecule has 1 unspecified atom stereocenters. The van der Waals surface area contributed by atoms with Crippen LogP contribution in [-0.2, 0) is 26.9 Å². The van der Waals surface area contributed by atoms with Gasteiger partial charge in [0.15, 0.2) is 9.84 Å². The van der Waals surface area contributed by atoms with E-state index in [9.17, 15) is 12.8 Å². The average Bonchev–Trinajstić information content (AvgIpc) is 2.47. The van der Waals surface area contributed by atoms with Gasteiger partial charge in [0.2, 0.25) is 0 Å². The average molecular weight is 329 g/mol. The molecule has 0 amide bonds. The Morgan fingerprint density at radius 1 is 1.32 bits per heavy atom. The summed E-state index contributed by atoms with van der Waals surface area (Å²) in [6.45, 7) is 4.17. The lowest BCUT2D eigenvalue weighted by molar-refractivity contribution is 0.0558. The fourth-order valence-electron chi connectivity index (χ4n) is 2.84. The van der Waals surface area contributed by atoms with Crippen molar-refractivity contribution in [1.29, 1.82) is 0 Å². The first-order valence-electron chi connectivity index (χ1n) is 7.61. The van der Waals surface area contributed by atoms with E-state index in [1.807, 2.05) is 0 Å². The van der Waals surface area contributed by atoms with Gasteiger partial charge in [0.1, 0.15) is 5.82 Å². The summed E-state index contributed by atoms with van der Waals surface area (Å²) in [6.07, 6.45) is 3.24. The zero-order valence-electron chi connectivity index (χ0n) is 13.1. The van der Waals surface area contributed by atoms with Crippen LogP contribution in [0.1, 0.15) is 30.9 Å². The maximum absolute atomic E-state index is 13.5. The van der Waals surface area contributed by atoms with Crippen LogP contribution in [0.2, 0.25) is 0 Å². The van der Waals surface area contributed by atoms with Crippen molar-refractivity contribution in [3.05, 3.63) is 35.1 Å². The van der Waals surface area contributed by atoms with Crippen molar-refractivity contribution in [3.63, 3.8) is 0 Å². The predicted molar refractivity (Wildman–Crippen MR) is 84.8 cm³/mol. The molecule has 1 aliphatic heterocycles. The lowest BCUT2D eigenvalue weighted by Crippen LogP contribution is -2.36. The second-order valence-electron chi connectivity index (χ2n) is 6.10. The van der Waals surface area contributed by atoms with Gasteiger partial charge in [0.05, 0.1) is 5.75 Å². The van der Waals surface area contributed by atoms with E-state index >= 15 is 0 Å². The van der Waals surface area contributed by atoms with Crippen LogP contribution in [0, 0.1) is 11.7 Å². The molecule has 22 heavy (non-hydrogen) atoms. The van der Waals surface area contributed by atoms with E-state index < -0.39 is 9.84 Å². The first-order chi connectivity index (χ1) is 10.3. The van der Waals surface area contributed by atoms with E-state index in [4.69, 9.17) is 4.74 Å². The summed E-state index contributed by atoms with van der Waals surface area (Å²) in [5.74, 6) is 0.143. The SMILES string of the molecule is CC(NCc1cc(F)ccc1CS(C)(=O)=O)C1CCOCC1. The van der Waals surface area contributed by atoms with Gasteiger partial charge >= 0.3 is 0 Å². The van der Waals surface area contributed by atoms with Gasteiger partial charge in [-0.1, -0.05) is 6.07 Å². The molecule has 4 nitrogen and oxygen atoms in total. The van der Waals surface area contributed by atoms with Crippen LogP contribution in [0.4, 0.5) is 4.39 Å². The van der Waals surface area contributed by atoms with E-state index in [1.54, 1.807) is 6.07 Å². The van der Waals surface area contributed by atoms with Gasteiger partial charge in [0, 0.05) is 32.1 Å². The van der Waals surface area contributed by atoms with Crippen LogP contribution in [-0.4, -0.2) is 33.9 Å². The summed E-state index contributed by atoms with van der Waals surface area (Å²) in [7, 11) is -3.14. The Labute approximate surface area is 132 Å². The molecule has 1 aliphatic rings. The summed E-state index contributed by atoms with van der Waals surface area (Å²) in [6, 6.07) is 4.58. The Bertz CT molecular complexity index is 597. The third kappa shape index (κ3) is 5.34. The molecule has 0 aliphatic carbocycles. The topological polar surface area (TPSA) is 55.4 Å². The van der Waals surface area contributed by atoms with Crippen molar-refractivity contribution >= 4 is 9.84 Å². The highest BCUT2D eigenvalue weighted by Gasteiger charge is 2.20. The zero-order valence-corrected chi connectivity index (χ0v) is 14.0. The van der Waals surface area contributed by atoms with E-state index in [0.29, 0.717) is 29.6 Å².